The minimum Gasteiger partial charge on any atom is -0.362 e. The van der Waals surface area contributed by atoms with Crippen molar-refractivity contribution in [2.45, 2.75) is 17.7 Å². The molecule has 2 heterocycles. The lowest BCUT2D eigenvalue weighted by Gasteiger charge is -2.11. The third-order valence-electron chi connectivity index (χ3n) is 3.96. The van der Waals surface area contributed by atoms with Gasteiger partial charge in [0.1, 0.15) is 11.0 Å². The first kappa shape index (κ1) is 18.3. The van der Waals surface area contributed by atoms with Crippen molar-refractivity contribution in [3.05, 3.63) is 53.3 Å². The largest absolute Gasteiger partial charge is 0.362 e. The normalized spacial score (nSPS) is 16.1. The molecule has 0 spiro atoms. The molecule has 2 aromatic rings. The second-order valence-electron chi connectivity index (χ2n) is 5.85. The number of halogens is 1. The zero-order chi connectivity index (χ0) is 18.7. The number of anilines is 1. The van der Waals surface area contributed by atoms with Gasteiger partial charge in [-0.1, -0.05) is 11.6 Å². The van der Waals surface area contributed by atoms with Gasteiger partial charge in [-0.3, -0.25) is 4.79 Å². The van der Waals surface area contributed by atoms with E-state index in [0.29, 0.717) is 23.5 Å². The summed E-state index contributed by atoms with van der Waals surface area (Å²) >= 11 is 5.77. The summed E-state index contributed by atoms with van der Waals surface area (Å²) in [5.41, 5.74) is 0.824. The van der Waals surface area contributed by atoms with Crippen LogP contribution in [0, 0.1) is 0 Å². The van der Waals surface area contributed by atoms with Crippen LogP contribution in [0.2, 0.25) is 5.15 Å². The maximum Gasteiger partial charge on any atom is 0.283 e. The van der Waals surface area contributed by atoms with Crippen molar-refractivity contribution in [1.29, 1.82) is 0 Å². The van der Waals surface area contributed by atoms with E-state index in [1.807, 2.05) is 11.9 Å². The number of sulfonamides is 1. The van der Waals surface area contributed by atoms with Crippen LogP contribution in [0.3, 0.4) is 0 Å². The van der Waals surface area contributed by atoms with Crippen LogP contribution in [-0.4, -0.2) is 43.6 Å². The maximum absolute atomic E-state index is 12.4. The number of pyridine rings is 1. The highest BCUT2D eigenvalue weighted by Gasteiger charge is 2.20. The lowest BCUT2D eigenvalue weighted by atomic mass is 10.2. The van der Waals surface area contributed by atoms with Gasteiger partial charge < -0.3 is 10.2 Å². The molecule has 1 aromatic carbocycles. The van der Waals surface area contributed by atoms with Crippen molar-refractivity contribution < 1.29 is 13.2 Å². The molecule has 26 heavy (non-hydrogen) atoms. The predicted octanol–water partition coefficient (Wildman–Crippen LogP) is 2.80. The Balaban J connectivity index is 1.75. The molecular weight excluding hydrogens is 376 g/mol. The first-order valence-electron chi connectivity index (χ1n) is 7.93. The van der Waals surface area contributed by atoms with E-state index in [0.717, 1.165) is 13.0 Å². The lowest BCUT2D eigenvalue weighted by Crippen LogP contribution is -2.20. The molecule has 0 unspecified atom stereocenters. The average molecular weight is 393 g/mol. The molecule has 1 aromatic heterocycles. The first-order chi connectivity index (χ1) is 12.3. The summed E-state index contributed by atoms with van der Waals surface area (Å²) in [6.45, 7) is 0.804. The summed E-state index contributed by atoms with van der Waals surface area (Å²) < 4.78 is 28.7. The van der Waals surface area contributed by atoms with Gasteiger partial charge in [0.05, 0.1) is 4.90 Å². The van der Waals surface area contributed by atoms with Crippen molar-refractivity contribution in [2.24, 2.45) is 4.40 Å². The number of carbonyl (C=O) groups is 1. The zero-order valence-corrected chi connectivity index (χ0v) is 15.6. The Morgan fingerprint density at radius 1 is 1.27 bits per heavy atom. The van der Waals surface area contributed by atoms with Crippen LogP contribution in [-0.2, 0) is 10.0 Å². The topological polar surface area (TPSA) is 91.7 Å². The van der Waals surface area contributed by atoms with Gasteiger partial charge in [0.15, 0.2) is 0 Å². The molecule has 0 radical (unpaired) electrons. The van der Waals surface area contributed by atoms with Crippen molar-refractivity contribution >= 4 is 39.1 Å². The number of benzene rings is 1. The number of hydrogen-bond acceptors (Lipinski definition) is 4. The molecule has 136 valence electrons. The highest BCUT2D eigenvalue weighted by atomic mass is 35.5. The molecule has 1 saturated heterocycles. The number of amidine groups is 1. The molecule has 1 aliphatic heterocycles. The second kappa shape index (κ2) is 7.43. The molecule has 1 amide bonds. The number of hydrogen-bond donors (Lipinski definition) is 1. The first-order valence-corrected chi connectivity index (χ1v) is 9.75. The third kappa shape index (κ3) is 4.20. The summed E-state index contributed by atoms with van der Waals surface area (Å²) in [5.74, 6) is 0.203. The number of amides is 1. The molecule has 0 atom stereocenters. The van der Waals surface area contributed by atoms with E-state index in [-0.39, 0.29) is 16.0 Å². The fourth-order valence-corrected chi connectivity index (χ4v) is 3.83. The molecule has 1 fully saturated rings. The van der Waals surface area contributed by atoms with Gasteiger partial charge in [-0.15, -0.1) is 4.40 Å². The average Bonchev–Trinajstić information content (AvgIpc) is 2.99. The standard InChI is InChI=1S/C17H17ClN4O3S/c1-22-10-2-3-16(22)21-26(24,25)14-6-4-13(5-7-14)20-17(23)12-8-9-19-15(18)11-12/h4-9,11H,2-3,10H2,1H3,(H,20,23). The van der Waals surface area contributed by atoms with Gasteiger partial charge in [-0.05, 0) is 42.8 Å². The highest BCUT2D eigenvalue weighted by Crippen LogP contribution is 2.19. The van der Waals surface area contributed by atoms with Crippen LogP contribution in [0.1, 0.15) is 23.2 Å². The van der Waals surface area contributed by atoms with Gasteiger partial charge in [0.2, 0.25) is 0 Å². The number of nitrogens with zero attached hydrogens (tertiary/aromatic N) is 3. The number of rotatable bonds is 4. The van der Waals surface area contributed by atoms with Gasteiger partial charge >= 0.3 is 0 Å². The van der Waals surface area contributed by atoms with Crippen LogP contribution in [0.4, 0.5) is 5.69 Å². The Kier molecular flexibility index (Phi) is 5.24. The molecule has 9 heteroatoms. The molecule has 0 aliphatic carbocycles. The minimum atomic E-state index is -3.77. The molecular formula is C17H17ClN4O3S. The Morgan fingerprint density at radius 3 is 2.62 bits per heavy atom. The fourth-order valence-electron chi connectivity index (χ4n) is 2.56. The fraction of sp³-hybridized carbons (Fsp3) is 0.235. The lowest BCUT2D eigenvalue weighted by molar-refractivity contribution is 0.102. The highest BCUT2D eigenvalue weighted by molar-refractivity contribution is 7.90. The molecule has 3 rings (SSSR count). The van der Waals surface area contributed by atoms with Gasteiger partial charge in [-0.25, -0.2) is 4.98 Å². The van der Waals surface area contributed by atoms with E-state index < -0.39 is 10.0 Å². The van der Waals surface area contributed by atoms with Crippen molar-refractivity contribution in [1.82, 2.24) is 9.88 Å². The van der Waals surface area contributed by atoms with Crippen LogP contribution in [0.5, 0.6) is 0 Å². The monoisotopic (exact) mass is 392 g/mol. The second-order valence-corrected chi connectivity index (χ2v) is 7.84. The van der Waals surface area contributed by atoms with E-state index in [1.54, 1.807) is 0 Å². The number of carbonyl (C=O) groups excluding carboxylic acids is 1. The molecule has 7 nitrogen and oxygen atoms in total. The smallest absolute Gasteiger partial charge is 0.283 e. The summed E-state index contributed by atoms with van der Waals surface area (Å²) in [6.07, 6.45) is 2.99. The van der Waals surface area contributed by atoms with Gasteiger partial charge in [-0.2, -0.15) is 8.42 Å². The number of likely N-dealkylation sites (tertiary alicyclic amines) is 1. The van der Waals surface area contributed by atoms with Crippen LogP contribution < -0.4 is 5.32 Å². The van der Waals surface area contributed by atoms with E-state index in [4.69, 9.17) is 11.6 Å². The number of nitrogens with one attached hydrogen (secondary N) is 1. The Hall–Kier alpha value is -2.45. The van der Waals surface area contributed by atoms with Gasteiger partial charge in [0.25, 0.3) is 15.9 Å². The predicted molar refractivity (Wildman–Crippen MR) is 100 cm³/mol. The summed E-state index contributed by atoms with van der Waals surface area (Å²) in [7, 11) is -1.95. The summed E-state index contributed by atoms with van der Waals surface area (Å²) in [6, 6.07) is 8.86. The SMILES string of the molecule is CN1CCCC1=NS(=O)(=O)c1ccc(NC(=O)c2ccnc(Cl)c2)cc1. The van der Waals surface area contributed by atoms with E-state index in [1.165, 1.54) is 42.6 Å². The van der Waals surface area contributed by atoms with E-state index >= 15 is 0 Å². The Morgan fingerprint density at radius 2 is 2.00 bits per heavy atom. The summed E-state index contributed by atoms with van der Waals surface area (Å²) in [4.78, 5) is 17.9. The third-order valence-corrected chi connectivity index (χ3v) is 5.48. The van der Waals surface area contributed by atoms with Crippen LogP contribution >= 0.6 is 11.6 Å². The Bertz CT molecular complexity index is 958. The minimum absolute atomic E-state index is 0.0789. The summed E-state index contributed by atoms with van der Waals surface area (Å²) in [5, 5.41) is 2.90. The van der Waals surface area contributed by atoms with E-state index in [9.17, 15) is 13.2 Å². The van der Waals surface area contributed by atoms with Gasteiger partial charge in [0, 0.05) is 37.5 Å². The van der Waals surface area contributed by atoms with E-state index in [2.05, 4.69) is 14.7 Å². The van der Waals surface area contributed by atoms with Crippen LogP contribution in [0.15, 0.2) is 51.9 Å². The zero-order valence-electron chi connectivity index (χ0n) is 14.0. The molecule has 0 bridgehead atoms. The van der Waals surface area contributed by atoms with Crippen molar-refractivity contribution in [2.75, 3.05) is 18.9 Å². The van der Waals surface area contributed by atoms with Crippen LogP contribution in [0.25, 0.3) is 0 Å². The van der Waals surface area contributed by atoms with Crippen molar-refractivity contribution in [3.63, 3.8) is 0 Å². The molecule has 1 N–H and O–H groups in total. The Labute approximate surface area is 156 Å². The maximum atomic E-state index is 12.4. The van der Waals surface area contributed by atoms with Crippen molar-refractivity contribution in [3.8, 4) is 0 Å². The molecule has 1 aliphatic rings. The quantitative estimate of drug-likeness (QED) is 0.808. The number of aromatic nitrogens is 1. The molecule has 0 saturated carbocycles.